The molecule has 2 aromatic rings. The molecule has 100 valence electrons. The summed E-state index contributed by atoms with van der Waals surface area (Å²) in [5.74, 6) is -0.186. The minimum Gasteiger partial charge on any atom is -0.309 e. The van der Waals surface area contributed by atoms with Crippen LogP contribution in [0.4, 0.5) is 4.39 Å². The van der Waals surface area contributed by atoms with Gasteiger partial charge in [0.05, 0.1) is 6.04 Å². The van der Waals surface area contributed by atoms with Crippen molar-refractivity contribution in [2.45, 2.75) is 19.9 Å². The van der Waals surface area contributed by atoms with Gasteiger partial charge in [0.15, 0.2) is 0 Å². The molecule has 0 saturated carbocycles. The van der Waals surface area contributed by atoms with E-state index in [0.717, 1.165) is 21.7 Å². The molecule has 0 saturated heterocycles. The molecule has 3 heteroatoms. The van der Waals surface area contributed by atoms with Crippen LogP contribution in [0.25, 0.3) is 0 Å². The summed E-state index contributed by atoms with van der Waals surface area (Å²) in [5, 5.41) is 3.96. The lowest BCUT2D eigenvalue weighted by molar-refractivity contribution is 0.614. The number of benzene rings is 2. The van der Waals surface area contributed by atoms with Gasteiger partial charge >= 0.3 is 0 Å². The van der Waals surface area contributed by atoms with Gasteiger partial charge in [-0.3, -0.25) is 0 Å². The van der Waals surface area contributed by atoms with E-state index in [1.54, 1.807) is 13.0 Å². The second kappa shape index (κ2) is 5.72. The number of nitrogens with one attached hydrogen (secondary N) is 1. The van der Waals surface area contributed by atoms with Gasteiger partial charge in [0.25, 0.3) is 0 Å². The highest BCUT2D eigenvalue weighted by Crippen LogP contribution is 2.29. The van der Waals surface area contributed by atoms with E-state index in [0.29, 0.717) is 5.56 Å². The molecule has 0 aliphatic rings. The first-order valence-corrected chi connectivity index (χ1v) is 6.60. The predicted octanol–water partition coefficient (Wildman–Crippen LogP) is 4.40. The van der Waals surface area contributed by atoms with Crippen molar-refractivity contribution < 1.29 is 4.39 Å². The Labute approximate surface area is 118 Å². The SMILES string of the molecule is CNC(c1ccc(F)c(C)c1)c1ccc(C)cc1Cl. The second-order valence-electron chi connectivity index (χ2n) is 4.76. The zero-order chi connectivity index (χ0) is 14.0. The molecular weight excluding hydrogens is 261 g/mol. The topological polar surface area (TPSA) is 12.0 Å². The van der Waals surface area contributed by atoms with Gasteiger partial charge in [-0.2, -0.15) is 0 Å². The first-order valence-electron chi connectivity index (χ1n) is 6.22. The van der Waals surface area contributed by atoms with Gasteiger partial charge in [0, 0.05) is 5.02 Å². The van der Waals surface area contributed by atoms with Crippen LogP contribution in [-0.4, -0.2) is 7.05 Å². The second-order valence-corrected chi connectivity index (χ2v) is 5.16. The van der Waals surface area contributed by atoms with Crippen molar-refractivity contribution in [2.75, 3.05) is 7.05 Å². The molecular formula is C16H17ClFN. The molecule has 1 nitrogen and oxygen atoms in total. The van der Waals surface area contributed by atoms with Crippen molar-refractivity contribution in [1.82, 2.24) is 5.32 Å². The predicted molar refractivity (Wildman–Crippen MR) is 78.2 cm³/mol. The molecule has 0 radical (unpaired) electrons. The monoisotopic (exact) mass is 277 g/mol. The average Bonchev–Trinajstić information content (AvgIpc) is 2.37. The molecule has 0 aliphatic carbocycles. The fraction of sp³-hybridized carbons (Fsp3) is 0.250. The third-order valence-corrected chi connectivity index (χ3v) is 3.60. The summed E-state index contributed by atoms with van der Waals surface area (Å²) in [7, 11) is 1.87. The van der Waals surface area contributed by atoms with Gasteiger partial charge in [-0.05, 0) is 55.3 Å². The minimum absolute atomic E-state index is 0.0348. The third-order valence-electron chi connectivity index (χ3n) is 3.27. The Morgan fingerprint density at radius 2 is 1.84 bits per heavy atom. The number of rotatable bonds is 3. The van der Waals surface area contributed by atoms with E-state index in [-0.39, 0.29) is 11.9 Å². The highest BCUT2D eigenvalue weighted by atomic mass is 35.5. The first kappa shape index (κ1) is 14.0. The van der Waals surface area contributed by atoms with Crippen LogP contribution in [-0.2, 0) is 0 Å². The Morgan fingerprint density at radius 1 is 1.11 bits per heavy atom. The fourth-order valence-corrected chi connectivity index (χ4v) is 2.56. The van der Waals surface area contributed by atoms with Gasteiger partial charge < -0.3 is 5.32 Å². The van der Waals surface area contributed by atoms with Gasteiger partial charge in [0.1, 0.15) is 5.82 Å². The standard InChI is InChI=1S/C16H17ClFN/c1-10-4-6-13(14(17)8-10)16(19-3)12-5-7-15(18)11(2)9-12/h4-9,16,19H,1-3H3. The summed E-state index contributed by atoms with van der Waals surface area (Å²) in [6.45, 7) is 3.77. The van der Waals surface area contributed by atoms with Crippen LogP contribution in [0.15, 0.2) is 36.4 Å². The van der Waals surface area contributed by atoms with Crippen LogP contribution < -0.4 is 5.32 Å². The van der Waals surface area contributed by atoms with E-state index < -0.39 is 0 Å². The van der Waals surface area contributed by atoms with Crippen LogP contribution in [0.3, 0.4) is 0 Å². The van der Waals surface area contributed by atoms with E-state index in [1.807, 2.05) is 38.2 Å². The lowest BCUT2D eigenvalue weighted by Crippen LogP contribution is -2.18. The third kappa shape index (κ3) is 2.96. The molecule has 19 heavy (non-hydrogen) atoms. The smallest absolute Gasteiger partial charge is 0.126 e. The molecule has 1 unspecified atom stereocenters. The number of halogens is 2. The molecule has 0 aromatic heterocycles. The van der Waals surface area contributed by atoms with E-state index in [4.69, 9.17) is 11.6 Å². The molecule has 0 heterocycles. The maximum Gasteiger partial charge on any atom is 0.126 e. The molecule has 2 aromatic carbocycles. The number of hydrogen-bond donors (Lipinski definition) is 1. The van der Waals surface area contributed by atoms with Gasteiger partial charge in [-0.25, -0.2) is 4.39 Å². The van der Waals surface area contributed by atoms with Crippen molar-refractivity contribution >= 4 is 11.6 Å². The maximum atomic E-state index is 13.4. The van der Waals surface area contributed by atoms with E-state index in [1.165, 1.54) is 6.07 Å². The van der Waals surface area contributed by atoms with Gasteiger partial charge in [-0.1, -0.05) is 35.9 Å². The van der Waals surface area contributed by atoms with Crippen LogP contribution in [0.2, 0.25) is 5.02 Å². The first-order chi connectivity index (χ1) is 9.02. The zero-order valence-electron chi connectivity index (χ0n) is 11.3. The average molecular weight is 278 g/mol. The largest absolute Gasteiger partial charge is 0.309 e. The minimum atomic E-state index is -0.186. The molecule has 0 aliphatic heterocycles. The molecule has 0 fully saturated rings. The van der Waals surface area contributed by atoms with E-state index in [9.17, 15) is 4.39 Å². The van der Waals surface area contributed by atoms with Crippen LogP contribution in [0.1, 0.15) is 28.3 Å². The molecule has 1 atom stereocenters. The number of aryl methyl sites for hydroxylation is 2. The Bertz CT molecular complexity index is 595. The van der Waals surface area contributed by atoms with Crippen LogP contribution in [0, 0.1) is 19.7 Å². The van der Waals surface area contributed by atoms with E-state index >= 15 is 0 Å². The highest BCUT2D eigenvalue weighted by molar-refractivity contribution is 6.31. The van der Waals surface area contributed by atoms with Crippen molar-refractivity contribution in [3.05, 3.63) is 69.5 Å². The maximum absolute atomic E-state index is 13.4. The van der Waals surface area contributed by atoms with Crippen molar-refractivity contribution in [2.24, 2.45) is 0 Å². The summed E-state index contributed by atoms with van der Waals surface area (Å²) >= 11 is 6.31. The molecule has 0 bridgehead atoms. The summed E-state index contributed by atoms with van der Waals surface area (Å²) in [5.41, 5.74) is 3.77. The molecule has 2 rings (SSSR count). The normalized spacial score (nSPS) is 12.5. The lowest BCUT2D eigenvalue weighted by atomic mass is 9.96. The van der Waals surface area contributed by atoms with Gasteiger partial charge in [0.2, 0.25) is 0 Å². The summed E-state index contributed by atoms with van der Waals surface area (Å²) in [6, 6.07) is 11.1. The quantitative estimate of drug-likeness (QED) is 0.876. The van der Waals surface area contributed by atoms with Crippen molar-refractivity contribution in [3.63, 3.8) is 0 Å². The van der Waals surface area contributed by atoms with Gasteiger partial charge in [-0.15, -0.1) is 0 Å². The Balaban J connectivity index is 2.46. The molecule has 0 spiro atoms. The van der Waals surface area contributed by atoms with Crippen LogP contribution in [0.5, 0.6) is 0 Å². The Hall–Kier alpha value is -1.38. The van der Waals surface area contributed by atoms with Crippen molar-refractivity contribution in [3.8, 4) is 0 Å². The number of hydrogen-bond acceptors (Lipinski definition) is 1. The van der Waals surface area contributed by atoms with E-state index in [2.05, 4.69) is 5.32 Å². The summed E-state index contributed by atoms with van der Waals surface area (Å²) in [6.07, 6.45) is 0. The molecule has 0 amide bonds. The zero-order valence-corrected chi connectivity index (χ0v) is 12.1. The summed E-state index contributed by atoms with van der Waals surface area (Å²) < 4.78 is 13.4. The molecule has 1 N–H and O–H groups in total. The Morgan fingerprint density at radius 3 is 2.42 bits per heavy atom. The lowest BCUT2D eigenvalue weighted by Gasteiger charge is -2.19. The summed E-state index contributed by atoms with van der Waals surface area (Å²) in [4.78, 5) is 0. The van der Waals surface area contributed by atoms with Crippen molar-refractivity contribution in [1.29, 1.82) is 0 Å². The highest BCUT2D eigenvalue weighted by Gasteiger charge is 2.16. The van der Waals surface area contributed by atoms with Crippen LogP contribution >= 0.6 is 11.6 Å². The Kier molecular flexibility index (Phi) is 4.23. The fourth-order valence-electron chi connectivity index (χ4n) is 2.22.